The molecular weight excluding hydrogens is 1260 g/mol. The quantitative estimate of drug-likeness (QED) is 0.0923. The zero-order valence-corrected chi connectivity index (χ0v) is 52.6. The standard InChI is InChI=1S/C22H28F3N5O.C21H24F5N5O.C21H24F5N5/c1-12(2)30-19(20-15-8-14(9-16(15)20)29-3-5-31-6-4-29)10-18(28-30)13-7-17(22(23,24)25)21(26)27-11-13;1-10(2)31-16(18-13-4-12(5-14(13)18)30-8-20(22,23)9-30)6-15(29-31)11-3-17(19(27)28-7-11)32-21(24,25)26;1-10(2)31-17(18-13-4-12(5-14(13)18)30-8-20(22,23)9-30)6-16(29-31)11-3-15(21(24,25)26)19(27)28-7-11/h7,10-12,14-16,20H,3-6,8-9H2,1-2H3,(H2,26,27);3,6-7,10,12-14,18H,4-5,8-9H2,1-2H3,(H2,27,28);3,6-7,10,12-14,18H,4-5,8-9H2,1-2H3,(H2,27,28)/t14?,15-,16+,20?;2*12?,13-,14+,18?. The molecule has 0 amide bonds. The van der Waals surface area contributed by atoms with Gasteiger partial charge < -0.3 is 26.7 Å². The fourth-order valence-corrected chi connectivity index (χ4v) is 16.3. The average molecular weight is 1330 g/mol. The van der Waals surface area contributed by atoms with E-state index in [4.69, 9.17) is 21.9 Å². The first-order valence-corrected chi connectivity index (χ1v) is 32.1. The number of fused-ring (bicyclic) bond motifs is 3. The number of nitrogens with zero attached hydrogens (tertiary/aromatic N) is 12. The number of hydrogen-bond donors (Lipinski definition) is 3. The van der Waals surface area contributed by atoms with Gasteiger partial charge in [0, 0.05) is 119 Å². The van der Waals surface area contributed by atoms with Crippen LogP contribution in [0.1, 0.15) is 144 Å². The lowest BCUT2D eigenvalue weighted by molar-refractivity contribution is -0.274. The third-order valence-electron chi connectivity index (χ3n) is 20.8. The van der Waals surface area contributed by atoms with E-state index in [2.05, 4.69) is 53.7 Å². The third-order valence-corrected chi connectivity index (χ3v) is 20.8. The van der Waals surface area contributed by atoms with Gasteiger partial charge in [0.2, 0.25) is 0 Å². The second-order valence-corrected chi connectivity index (χ2v) is 28.0. The summed E-state index contributed by atoms with van der Waals surface area (Å²) in [6.07, 6.45) is -4.05. The van der Waals surface area contributed by atoms with Crippen molar-refractivity contribution in [3.05, 3.63) is 83.2 Å². The maximum Gasteiger partial charge on any atom is 0.573 e. The minimum atomic E-state index is -4.88. The summed E-state index contributed by atoms with van der Waals surface area (Å²) in [6, 6.07) is 10.2. The van der Waals surface area contributed by atoms with Crippen LogP contribution in [0.4, 0.5) is 74.5 Å². The molecule has 0 bridgehead atoms. The van der Waals surface area contributed by atoms with Crippen molar-refractivity contribution < 1.29 is 66.5 Å². The molecule has 9 aliphatic rings. The van der Waals surface area contributed by atoms with Crippen molar-refractivity contribution in [2.24, 2.45) is 35.5 Å². The second kappa shape index (κ2) is 23.8. The number of morpholine rings is 1. The molecule has 510 valence electrons. The molecular formula is C64H76F13N15O2. The van der Waals surface area contributed by atoms with Gasteiger partial charge in [-0.25, -0.2) is 32.5 Å². The molecule has 0 radical (unpaired) electrons. The highest BCUT2D eigenvalue weighted by Gasteiger charge is 2.63. The molecule has 94 heavy (non-hydrogen) atoms. The maximum absolute atomic E-state index is 13.3. The first-order valence-electron chi connectivity index (χ1n) is 32.1. The highest BCUT2D eigenvalue weighted by Crippen LogP contribution is 2.67. The van der Waals surface area contributed by atoms with Crippen LogP contribution < -0.4 is 21.9 Å². The van der Waals surface area contributed by atoms with Crippen LogP contribution in [0.2, 0.25) is 0 Å². The van der Waals surface area contributed by atoms with Gasteiger partial charge in [-0.15, -0.1) is 13.2 Å². The molecule has 17 nitrogen and oxygen atoms in total. The van der Waals surface area contributed by atoms with Crippen molar-refractivity contribution in [2.45, 2.75) is 165 Å². The Hall–Kier alpha value is -6.79. The fraction of sp³-hybridized carbons (Fsp3) is 0.625. The molecule has 30 heteroatoms. The maximum atomic E-state index is 13.3. The predicted octanol–water partition coefficient (Wildman–Crippen LogP) is 13.0. The molecule has 9 fully saturated rings. The van der Waals surface area contributed by atoms with Crippen molar-refractivity contribution in [2.75, 3.05) is 69.7 Å². The number of likely N-dealkylation sites (tertiary alicyclic amines) is 2. The third kappa shape index (κ3) is 13.0. The topological polar surface area (TPSA) is 198 Å². The van der Waals surface area contributed by atoms with Gasteiger partial charge in [-0.3, -0.25) is 28.7 Å². The van der Waals surface area contributed by atoms with Crippen molar-refractivity contribution >= 4 is 17.5 Å². The highest BCUT2D eigenvalue weighted by molar-refractivity contribution is 5.66. The largest absolute Gasteiger partial charge is 0.573 e. The number of rotatable bonds is 13. The number of aromatic nitrogens is 9. The van der Waals surface area contributed by atoms with Crippen molar-refractivity contribution in [1.82, 2.24) is 59.0 Å². The van der Waals surface area contributed by atoms with Gasteiger partial charge in [-0.2, -0.15) is 41.6 Å². The van der Waals surface area contributed by atoms with Crippen LogP contribution in [-0.2, 0) is 17.1 Å². The smallest absolute Gasteiger partial charge is 0.402 e. The molecule has 6 saturated carbocycles. The van der Waals surface area contributed by atoms with E-state index >= 15 is 0 Å². The van der Waals surface area contributed by atoms with E-state index in [1.165, 1.54) is 37.5 Å². The van der Waals surface area contributed by atoms with Crippen LogP contribution in [0, 0.1) is 35.5 Å². The molecule has 6 N–H and O–H groups in total. The van der Waals surface area contributed by atoms with Crippen LogP contribution >= 0.6 is 0 Å². The van der Waals surface area contributed by atoms with Gasteiger partial charge >= 0.3 is 18.7 Å². The molecule has 15 rings (SSSR count). The first kappa shape index (κ1) is 65.9. The van der Waals surface area contributed by atoms with E-state index < -0.39 is 59.1 Å². The summed E-state index contributed by atoms with van der Waals surface area (Å²) in [5.74, 6) is -3.18. The fourth-order valence-electron chi connectivity index (χ4n) is 16.3. The molecule has 6 aliphatic carbocycles. The van der Waals surface area contributed by atoms with Gasteiger partial charge in [0.1, 0.15) is 11.6 Å². The Kier molecular flexibility index (Phi) is 16.7. The van der Waals surface area contributed by atoms with Gasteiger partial charge in [0.15, 0.2) is 11.6 Å². The van der Waals surface area contributed by atoms with Gasteiger partial charge in [0.05, 0.1) is 67.6 Å². The van der Waals surface area contributed by atoms with E-state index in [0.29, 0.717) is 75.7 Å². The summed E-state index contributed by atoms with van der Waals surface area (Å²) in [5.41, 5.74) is 20.1. The number of halogens is 13. The summed E-state index contributed by atoms with van der Waals surface area (Å²) in [5, 5.41) is 13.9. The monoisotopic (exact) mass is 1330 g/mol. The van der Waals surface area contributed by atoms with Crippen LogP contribution in [0.15, 0.2) is 55.0 Å². The van der Waals surface area contributed by atoms with E-state index in [9.17, 15) is 57.1 Å². The lowest BCUT2D eigenvalue weighted by atomic mass is 9.99. The Bertz CT molecular complexity index is 3730. The molecule has 3 aliphatic heterocycles. The predicted molar refractivity (Wildman–Crippen MR) is 321 cm³/mol. The molecule has 0 spiro atoms. The lowest BCUT2D eigenvalue weighted by Gasteiger charge is -2.43. The van der Waals surface area contributed by atoms with E-state index in [-0.39, 0.29) is 79.6 Å². The van der Waals surface area contributed by atoms with Crippen LogP contribution in [0.3, 0.4) is 0 Å². The molecule has 6 aromatic rings. The Morgan fingerprint density at radius 1 is 0.457 bits per heavy atom. The lowest BCUT2D eigenvalue weighted by Crippen LogP contribution is -2.59. The minimum absolute atomic E-state index is 0.0405. The number of pyridine rings is 3. The van der Waals surface area contributed by atoms with Gasteiger partial charge in [0.25, 0.3) is 11.8 Å². The Labute approximate surface area is 533 Å². The first-order chi connectivity index (χ1) is 44.1. The van der Waals surface area contributed by atoms with Crippen molar-refractivity contribution in [3.8, 4) is 39.5 Å². The number of hydrogen-bond acceptors (Lipinski definition) is 14. The minimum Gasteiger partial charge on any atom is -0.402 e. The highest BCUT2D eigenvalue weighted by atomic mass is 19.4. The molecule has 12 atom stereocenters. The van der Waals surface area contributed by atoms with Crippen molar-refractivity contribution in [3.63, 3.8) is 0 Å². The summed E-state index contributed by atoms with van der Waals surface area (Å²) in [6.45, 7) is 15.1. The number of nitrogens with two attached hydrogens (primary N) is 3. The number of nitrogen functional groups attached to an aromatic ring is 3. The van der Waals surface area contributed by atoms with Crippen LogP contribution in [0.5, 0.6) is 5.75 Å². The van der Waals surface area contributed by atoms with Crippen molar-refractivity contribution in [1.29, 1.82) is 0 Å². The zero-order valence-electron chi connectivity index (χ0n) is 52.6. The van der Waals surface area contributed by atoms with Crippen LogP contribution in [0.25, 0.3) is 33.8 Å². The Balaban J connectivity index is 0.000000128. The van der Waals surface area contributed by atoms with Gasteiger partial charge in [-0.1, -0.05) is 0 Å². The summed E-state index contributed by atoms with van der Waals surface area (Å²) in [4.78, 5) is 17.6. The number of ether oxygens (including phenoxy) is 2. The molecule has 6 aromatic heterocycles. The summed E-state index contributed by atoms with van der Waals surface area (Å²) in [7, 11) is 0. The normalized spacial score (nSPS) is 29.3. The van der Waals surface area contributed by atoms with Gasteiger partial charge in [-0.05, 0) is 152 Å². The number of alkyl halides is 13. The molecule has 3 saturated heterocycles. The summed E-state index contributed by atoms with van der Waals surface area (Å²) < 4.78 is 186. The van der Waals surface area contributed by atoms with E-state index in [1.807, 2.05) is 69.7 Å². The number of anilines is 3. The average Bonchev–Trinajstić information content (AvgIpc) is 1.57. The Morgan fingerprint density at radius 3 is 1.06 bits per heavy atom. The SMILES string of the molecule is CC(C)n1nc(-c2cnc(N)c(C(F)(F)F)c2)cc1C1[C@H]2CC(N3CC(F)(F)C3)C[C@@H]12.CC(C)n1nc(-c2cnc(N)c(C(F)(F)F)c2)cc1C1[C@H]2CC(N3CCOCC3)C[C@@H]12.CC(C)n1nc(-c2cnc(N)c(OC(F)(F)F)c2)cc1C1[C@H]2CC(N3CC(F)(F)C3)C[C@@H]12. The van der Waals surface area contributed by atoms with E-state index in [0.717, 1.165) is 81.2 Å². The Morgan fingerprint density at radius 2 is 0.766 bits per heavy atom. The molecule has 0 aromatic carbocycles. The second-order valence-electron chi connectivity index (χ2n) is 28.0. The summed E-state index contributed by atoms with van der Waals surface area (Å²) >= 11 is 0. The zero-order chi connectivity index (χ0) is 67.2. The molecule has 6 unspecified atom stereocenters. The van der Waals surface area contributed by atoms with E-state index in [1.54, 1.807) is 0 Å². The molecule has 9 heterocycles. The van der Waals surface area contributed by atoms with Crippen LogP contribution in [-0.4, -0.2) is 148 Å².